The molecule has 0 unspecified atom stereocenters. The zero-order valence-corrected chi connectivity index (χ0v) is 9.10. The third-order valence-electron chi connectivity index (χ3n) is 2.38. The molecule has 4 N–H and O–H groups in total. The number of nitrogen functional groups attached to an aromatic ring is 1. The Morgan fingerprint density at radius 3 is 2.53 bits per heavy atom. The predicted octanol–water partition coefficient (Wildman–Crippen LogP) is 1.37. The van der Waals surface area contributed by atoms with Gasteiger partial charge in [0.15, 0.2) is 5.69 Å². The van der Waals surface area contributed by atoms with Crippen LogP contribution >= 0.6 is 0 Å². The van der Waals surface area contributed by atoms with Crippen molar-refractivity contribution in [2.75, 3.05) is 12.8 Å². The van der Waals surface area contributed by atoms with Gasteiger partial charge in [-0.3, -0.25) is 5.10 Å². The lowest BCUT2D eigenvalue weighted by molar-refractivity contribution is 0.0691. The molecule has 0 atom stereocenters. The summed E-state index contributed by atoms with van der Waals surface area (Å²) in [6.07, 6.45) is 0. The monoisotopic (exact) mass is 233 g/mol. The van der Waals surface area contributed by atoms with E-state index in [0.717, 1.165) is 5.56 Å². The van der Waals surface area contributed by atoms with Crippen LogP contribution in [0.1, 0.15) is 10.5 Å². The first-order chi connectivity index (χ1) is 8.13. The highest BCUT2D eigenvalue weighted by Gasteiger charge is 2.16. The number of benzene rings is 1. The second-order valence-corrected chi connectivity index (χ2v) is 3.39. The van der Waals surface area contributed by atoms with Crippen LogP contribution in [0.2, 0.25) is 0 Å². The number of aromatic amines is 1. The summed E-state index contributed by atoms with van der Waals surface area (Å²) in [5.74, 6) is -0.420. The predicted molar refractivity (Wildman–Crippen MR) is 61.9 cm³/mol. The van der Waals surface area contributed by atoms with Crippen LogP contribution in [0.4, 0.5) is 5.69 Å². The first-order valence-corrected chi connectivity index (χ1v) is 4.85. The molecule has 0 fully saturated rings. The molecule has 6 heteroatoms. The van der Waals surface area contributed by atoms with Crippen LogP contribution in [0.3, 0.4) is 0 Å². The Morgan fingerprint density at radius 2 is 2.06 bits per heavy atom. The number of carboxylic acid groups (broad SMARTS) is 1. The average Bonchev–Trinajstić information content (AvgIpc) is 2.71. The lowest BCUT2D eigenvalue weighted by Gasteiger charge is -2.01. The fourth-order valence-electron chi connectivity index (χ4n) is 1.48. The Balaban J connectivity index is 2.42. The van der Waals surface area contributed by atoms with Crippen LogP contribution in [0.5, 0.6) is 5.75 Å². The van der Waals surface area contributed by atoms with Crippen LogP contribution < -0.4 is 10.5 Å². The van der Waals surface area contributed by atoms with Crippen molar-refractivity contribution in [1.82, 2.24) is 10.2 Å². The van der Waals surface area contributed by atoms with Crippen LogP contribution in [0.15, 0.2) is 24.3 Å². The highest BCUT2D eigenvalue weighted by atomic mass is 16.5. The van der Waals surface area contributed by atoms with Gasteiger partial charge in [-0.25, -0.2) is 4.79 Å². The van der Waals surface area contributed by atoms with Crippen molar-refractivity contribution >= 4 is 11.7 Å². The van der Waals surface area contributed by atoms with Gasteiger partial charge in [0.1, 0.15) is 11.4 Å². The van der Waals surface area contributed by atoms with E-state index in [1.807, 2.05) is 0 Å². The molecule has 2 aromatic rings. The molecule has 88 valence electrons. The second kappa shape index (κ2) is 4.17. The molecule has 0 aliphatic rings. The van der Waals surface area contributed by atoms with Crippen LogP contribution in [-0.4, -0.2) is 28.4 Å². The quantitative estimate of drug-likeness (QED) is 0.743. The van der Waals surface area contributed by atoms with Gasteiger partial charge in [0.25, 0.3) is 0 Å². The Bertz CT molecular complexity index is 546. The summed E-state index contributed by atoms with van der Waals surface area (Å²) in [6.45, 7) is 0. The molecule has 1 aromatic heterocycles. The van der Waals surface area contributed by atoms with E-state index in [1.165, 1.54) is 0 Å². The summed E-state index contributed by atoms with van der Waals surface area (Å²) >= 11 is 0. The summed E-state index contributed by atoms with van der Waals surface area (Å²) in [4.78, 5) is 10.8. The van der Waals surface area contributed by atoms with Crippen molar-refractivity contribution in [2.45, 2.75) is 0 Å². The van der Waals surface area contributed by atoms with Gasteiger partial charge in [0, 0.05) is 5.56 Å². The number of hydrogen-bond acceptors (Lipinski definition) is 4. The molecule has 0 saturated heterocycles. The Morgan fingerprint density at radius 1 is 1.41 bits per heavy atom. The van der Waals surface area contributed by atoms with Gasteiger partial charge in [-0.15, -0.1) is 0 Å². The number of aromatic nitrogens is 2. The average molecular weight is 233 g/mol. The highest BCUT2D eigenvalue weighted by Crippen LogP contribution is 2.27. The number of rotatable bonds is 3. The topological polar surface area (TPSA) is 101 Å². The number of ether oxygens (including phenoxy) is 1. The first kappa shape index (κ1) is 11.0. The second-order valence-electron chi connectivity index (χ2n) is 3.39. The SMILES string of the molecule is COc1ccc(-c2n[nH]c(C(=O)O)c2N)cc1. The number of nitrogens with zero attached hydrogens (tertiary/aromatic N) is 1. The van der Waals surface area contributed by atoms with E-state index in [0.29, 0.717) is 11.4 Å². The van der Waals surface area contributed by atoms with Crippen molar-refractivity contribution in [1.29, 1.82) is 0 Å². The third kappa shape index (κ3) is 1.92. The number of nitrogens with two attached hydrogens (primary N) is 1. The van der Waals surface area contributed by atoms with Gasteiger partial charge >= 0.3 is 5.97 Å². The van der Waals surface area contributed by atoms with E-state index >= 15 is 0 Å². The molecule has 0 radical (unpaired) electrons. The number of carboxylic acids is 1. The summed E-state index contributed by atoms with van der Waals surface area (Å²) in [6, 6.07) is 7.03. The molecule has 0 bridgehead atoms. The normalized spacial score (nSPS) is 10.2. The first-order valence-electron chi connectivity index (χ1n) is 4.85. The van der Waals surface area contributed by atoms with E-state index in [4.69, 9.17) is 15.6 Å². The maximum atomic E-state index is 10.8. The van der Waals surface area contributed by atoms with Gasteiger partial charge < -0.3 is 15.6 Å². The van der Waals surface area contributed by atoms with Gasteiger partial charge in [-0.2, -0.15) is 5.10 Å². The largest absolute Gasteiger partial charge is 0.497 e. The number of H-pyrrole nitrogens is 1. The number of hydrogen-bond donors (Lipinski definition) is 3. The van der Waals surface area contributed by atoms with Crippen molar-refractivity contribution in [3.63, 3.8) is 0 Å². The minimum atomic E-state index is -1.13. The molecular formula is C11H11N3O3. The van der Waals surface area contributed by atoms with E-state index in [2.05, 4.69) is 10.2 Å². The number of nitrogens with one attached hydrogen (secondary N) is 1. The number of aromatic carboxylic acids is 1. The molecule has 0 saturated carbocycles. The van der Waals surface area contributed by atoms with Crippen molar-refractivity contribution in [3.8, 4) is 17.0 Å². The molecule has 0 amide bonds. The number of carbonyl (C=O) groups is 1. The van der Waals surface area contributed by atoms with Crippen molar-refractivity contribution in [3.05, 3.63) is 30.0 Å². The Hall–Kier alpha value is -2.50. The van der Waals surface area contributed by atoms with Crippen molar-refractivity contribution < 1.29 is 14.6 Å². The smallest absolute Gasteiger partial charge is 0.356 e. The molecule has 1 heterocycles. The minimum Gasteiger partial charge on any atom is -0.497 e. The van der Waals surface area contributed by atoms with Crippen LogP contribution in [-0.2, 0) is 0 Å². The molecule has 6 nitrogen and oxygen atoms in total. The minimum absolute atomic E-state index is 0.101. The molecule has 1 aromatic carbocycles. The fourth-order valence-corrected chi connectivity index (χ4v) is 1.48. The zero-order valence-electron chi connectivity index (χ0n) is 9.10. The van der Waals surface area contributed by atoms with Gasteiger partial charge in [0.05, 0.1) is 12.8 Å². The van der Waals surface area contributed by atoms with Crippen molar-refractivity contribution in [2.24, 2.45) is 0 Å². The van der Waals surface area contributed by atoms with Gasteiger partial charge in [-0.05, 0) is 24.3 Å². The van der Waals surface area contributed by atoms with E-state index in [9.17, 15) is 4.79 Å². The lowest BCUT2D eigenvalue weighted by Crippen LogP contribution is -2.01. The number of methoxy groups -OCH3 is 1. The zero-order chi connectivity index (χ0) is 12.4. The molecule has 17 heavy (non-hydrogen) atoms. The Labute approximate surface area is 97.0 Å². The Kier molecular flexibility index (Phi) is 2.70. The molecule has 0 spiro atoms. The summed E-state index contributed by atoms with van der Waals surface area (Å²) in [5, 5.41) is 15.1. The van der Waals surface area contributed by atoms with E-state index in [-0.39, 0.29) is 11.4 Å². The molecule has 0 aliphatic carbocycles. The summed E-state index contributed by atoms with van der Waals surface area (Å²) < 4.78 is 5.03. The maximum Gasteiger partial charge on any atom is 0.356 e. The van der Waals surface area contributed by atoms with Gasteiger partial charge in [-0.1, -0.05) is 0 Å². The van der Waals surface area contributed by atoms with E-state index < -0.39 is 5.97 Å². The van der Waals surface area contributed by atoms with Crippen LogP contribution in [0.25, 0.3) is 11.3 Å². The van der Waals surface area contributed by atoms with E-state index in [1.54, 1.807) is 31.4 Å². The fraction of sp³-hybridized carbons (Fsp3) is 0.0909. The molecule has 0 aliphatic heterocycles. The maximum absolute atomic E-state index is 10.8. The highest BCUT2D eigenvalue weighted by molar-refractivity contribution is 5.95. The van der Waals surface area contributed by atoms with Crippen LogP contribution in [0, 0.1) is 0 Å². The molecular weight excluding hydrogens is 222 g/mol. The number of anilines is 1. The van der Waals surface area contributed by atoms with Gasteiger partial charge in [0.2, 0.25) is 0 Å². The standard InChI is InChI=1S/C11H11N3O3/c1-17-7-4-2-6(3-5-7)9-8(12)10(11(15)16)14-13-9/h2-5H,12H2,1H3,(H,13,14)(H,15,16). The molecule has 2 rings (SSSR count). The summed E-state index contributed by atoms with van der Waals surface area (Å²) in [7, 11) is 1.57. The third-order valence-corrected chi connectivity index (χ3v) is 2.38. The summed E-state index contributed by atoms with van der Waals surface area (Å²) in [5.41, 5.74) is 6.88. The lowest BCUT2D eigenvalue weighted by atomic mass is 10.1.